The molecule has 0 aliphatic rings. The normalized spacial score (nSPS) is 12.4. The van der Waals surface area contributed by atoms with Crippen LogP contribution in [0.3, 0.4) is 0 Å². The minimum absolute atomic E-state index is 0.00259. The van der Waals surface area contributed by atoms with E-state index >= 15 is 0 Å². The van der Waals surface area contributed by atoms with Crippen molar-refractivity contribution in [3.8, 4) is 10.4 Å². The molecule has 0 radical (unpaired) electrons. The van der Waals surface area contributed by atoms with Crippen molar-refractivity contribution in [1.82, 2.24) is 20.3 Å². The molecule has 0 unspecified atom stereocenters. The minimum atomic E-state index is -4.60. The minimum Gasteiger partial charge on any atom is -0.454 e. The molecule has 0 bridgehead atoms. The zero-order chi connectivity index (χ0) is 26.9. The van der Waals surface area contributed by atoms with Crippen molar-refractivity contribution in [2.45, 2.75) is 25.7 Å². The number of anilines is 2. The maximum absolute atomic E-state index is 12.9. The van der Waals surface area contributed by atoms with Crippen molar-refractivity contribution >= 4 is 39.8 Å². The van der Waals surface area contributed by atoms with Crippen LogP contribution in [0.2, 0.25) is 0 Å². The number of benzene rings is 1. The molecule has 0 aliphatic heterocycles. The summed E-state index contributed by atoms with van der Waals surface area (Å²) in [6, 6.07) is 14.2. The molecule has 4 N–H and O–H groups in total. The van der Waals surface area contributed by atoms with Crippen LogP contribution in [0.5, 0.6) is 0 Å². The molecule has 1 atom stereocenters. The lowest BCUT2D eigenvalue weighted by Gasteiger charge is -2.14. The number of hydrogen-bond acceptors (Lipinski definition) is 8. The molecule has 0 saturated carbocycles. The molecule has 5 aromatic rings. The van der Waals surface area contributed by atoms with Gasteiger partial charge in [-0.2, -0.15) is 13.2 Å². The lowest BCUT2D eigenvalue weighted by molar-refractivity contribution is -0.153. The number of thiophene rings is 1. The number of fused-ring (bicyclic) bond motifs is 1. The summed E-state index contributed by atoms with van der Waals surface area (Å²) in [5, 5.41) is 6.62. The van der Waals surface area contributed by atoms with Gasteiger partial charge in [-0.1, -0.05) is 6.07 Å². The third-order valence-corrected chi connectivity index (χ3v) is 6.91. The number of rotatable bonds is 7. The monoisotopic (exact) mass is 538 g/mol. The second-order valence-electron chi connectivity index (χ2n) is 8.40. The Bertz CT molecular complexity index is 1610. The Balaban J connectivity index is 1.27. The summed E-state index contributed by atoms with van der Waals surface area (Å²) in [6.07, 6.45) is -1.62. The summed E-state index contributed by atoms with van der Waals surface area (Å²) < 4.78 is 43.4. The number of furan rings is 1. The van der Waals surface area contributed by atoms with Gasteiger partial charge in [-0.05, 0) is 61.0 Å². The van der Waals surface area contributed by atoms with Crippen molar-refractivity contribution < 1.29 is 22.4 Å². The SMILES string of the molecule is C[C@H](NC(=O)c1cccnc1NCc1ccc(-c2ccc3ncnc(N)c3c2)s1)c1ccc(C(F)(F)F)o1. The fraction of sp³-hybridized carbons (Fsp3) is 0.154. The van der Waals surface area contributed by atoms with Crippen LogP contribution in [-0.2, 0) is 12.7 Å². The van der Waals surface area contributed by atoms with Gasteiger partial charge in [0, 0.05) is 21.3 Å². The number of alkyl halides is 3. The number of pyridine rings is 1. The zero-order valence-corrected chi connectivity index (χ0v) is 20.7. The van der Waals surface area contributed by atoms with Crippen LogP contribution in [0.1, 0.15) is 39.7 Å². The van der Waals surface area contributed by atoms with Gasteiger partial charge >= 0.3 is 6.18 Å². The Morgan fingerprint density at radius 1 is 1.11 bits per heavy atom. The first-order chi connectivity index (χ1) is 18.2. The van der Waals surface area contributed by atoms with Crippen molar-refractivity contribution in [3.63, 3.8) is 0 Å². The van der Waals surface area contributed by atoms with E-state index in [1.165, 1.54) is 12.4 Å². The van der Waals surface area contributed by atoms with Gasteiger partial charge in [-0.15, -0.1) is 11.3 Å². The lowest BCUT2D eigenvalue weighted by atomic mass is 10.1. The van der Waals surface area contributed by atoms with Crippen molar-refractivity contribution in [2.75, 3.05) is 11.1 Å². The Hall–Kier alpha value is -4.45. The second kappa shape index (κ2) is 10.1. The van der Waals surface area contributed by atoms with E-state index in [2.05, 4.69) is 25.6 Å². The molecule has 4 aromatic heterocycles. The van der Waals surface area contributed by atoms with Gasteiger partial charge in [0.05, 0.1) is 23.7 Å². The average molecular weight is 539 g/mol. The summed E-state index contributed by atoms with van der Waals surface area (Å²) in [4.78, 5) is 27.5. The first-order valence-electron chi connectivity index (χ1n) is 11.4. The first-order valence-corrected chi connectivity index (χ1v) is 12.3. The number of hydrogen-bond donors (Lipinski definition) is 3. The van der Waals surface area contributed by atoms with E-state index in [0.717, 1.165) is 32.3 Å². The Morgan fingerprint density at radius 3 is 2.74 bits per heavy atom. The number of carbonyl (C=O) groups excluding carboxylic acids is 1. The van der Waals surface area contributed by atoms with E-state index in [0.29, 0.717) is 18.2 Å². The number of aromatic nitrogens is 3. The van der Waals surface area contributed by atoms with Crippen LogP contribution in [0.4, 0.5) is 24.8 Å². The highest BCUT2D eigenvalue weighted by Gasteiger charge is 2.35. The van der Waals surface area contributed by atoms with Gasteiger partial charge in [0.25, 0.3) is 5.91 Å². The van der Waals surface area contributed by atoms with E-state index in [1.54, 1.807) is 36.6 Å². The fourth-order valence-corrected chi connectivity index (χ4v) is 4.79. The van der Waals surface area contributed by atoms with E-state index < -0.39 is 23.9 Å². The molecular formula is C26H21F3N6O2S. The number of nitrogens with two attached hydrogens (primary N) is 1. The predicted molar refractivity (Wildman–Crippen MR) is 138 cm³/mol. The molecule has 0 fully saturated rings. The maximum atomic E-state index is 12.9. The van der Waals surface area contributed by atoms with E-state index in [9.17, 15) is 18.0 Å². The third-order valence-electron chi connectivity index (χ3n) is 5.78. The molecule has 0 spiro atoms. The standard InChI is InChI=1S/C26H21F3N6O2S/c1-14(20-7-9-22(37-20)26(27,28)29)35-25(36)17-3-2-10-31-24(17)32-12-16-5-8-21(38-16)15-4-6-19-18(11-15)23(30)34-13-33-19/h2-11,13-14H,12H2,1H3,(H,31,32)(H,35,36)(H2,30,33,34)/t14-/m0/s1. The largest absolute Gasteiger partial charge is 0.454 e. The molecule has 1 aromatic carbocycles. The van der Waals surface area contributed by atoms with Crippen LogP contribution < -0.4 is 16.4 Å². The van der Waals surface area contributed by atoms with Gasteiger partial charge in [0.1, 0.15) is 23.7 Å². The highest BCUT2D eigenvalue weighted by Crippen LogP contribution is 2.33. The Labute approximate surface area is 218 Å². The quantitative estimate of drug-likeness (QED) is 0.231. The number of halogens is 3. The first kappa shape index (κ1) is 25.2. The molecule has 38 heavy (non-hydrogen) atoms. The lowest BCUT2D eigenvalue weighted by Crippen LogP contribution is -2.27. The molecular weight excluding hydrogens is 517 g/mol. The average Bonchev–Trinajstić information content (AvgIpc) is 3.58. The Kier molecular flexibility index (Phi) is 6.72. The highest BCUT2D eigenvalue weighted by molar-refractivity contribution is 7.15. The number of amides is 1. The summed E-state index contributed by atoms with van der Waals surface area (Å²) in [5.41, 5.74) is 7.99. The second-order valence-corrected chi connectivity index (χ2v) is 9.57. The summed E-state index contributed by atoms with van der Waals surface area (Å²) in [5.74, 6) is -0.858. The summed E-state index contributed by atoms with van der Waals surface area (Å²) in [6.45, 7) is 1.95. The zero-order valence-electron chi connectivity index (χ0n) is 19.9. The Morgan fingerprint density at radius 2 is 1.95 bits per heavy atom. The third kappa shape index (κ3) is 5.30. The van der Waals surface area contributed by atoms with Crippen LogP contribution in [-0.4, -0.2) is 20.9 Å². The summed E-state index contributed by atoms with van der Waals surface area (Å²) >= 11 is 1.57. The molecule has 8 nitrogen and oxygen atoms in total. The van der Waals surface area contributed by atoms with Gasteiger partial charge in [0.2, 0.25) is 5.76 Å². The van der Waals surface area contributed by atoms with Crippen LogP contribution >= 0.6 is 11.3 Å². The van der Waals surface area contributed by atoms with E-state index in [-0.39, 0.29) is 11.3 Å². The molecule has 12 heteroatoms. The van der Waals surface area contributed by atoms with Gasteiger partial charge in [0.15, 0.2) is 0 Å². The van der Waals surface area contributed by atoms with Crippen LogP contribution in [0.25, 0.3) is 21.3 Å². The van der Waals surface area contributed by atoms with E-state index in [4.69, 9.17) is 10.2 Å². The molecule has 0 saturated heterocycles. The number of nitrogen functional groups attached to an aromatic ring is 1. The highest BCUT2D eigenvalue weighted by atomic mass is 32.1. The predicted octanol–water partition coefficient (Wildman–Crippen LogP) is 6.05. The van der Waals surface area contributed by atoms with Crippen LogP contribution in [0, 0.1) is 0 Å². The molecule has 1 amide bonds. The molecule has 194 valence electrons. The van der Waals surface area contributed by atoms with E-state index in [1.807, 2.05) is 30.3 Å². The van der Waals surface area contributed by atoms with Crippen molar-refractivity contribution in [2.24, 2.45) is 0 Å². The summed E-state index contributed by atoms with van der Waals surface area (Å²) in [7, 11) is 0. The maximum Gasteiger partial charge on any atom is 0.449 e. The van der Waals surface area contributed by atoms with Gasteiger partial charge in [-0.3, -0.25) is 4.79 Å². The molecule has 4 heterocycles. The van der Waals surface area contributed by atoms with Crippen molar-refractivity contribution in [1.29, 1.82) is 0 Å². The molecule has 5 rings (SSSR count). The fourth-order valence-electron chi connectivity index (χ4n) is 3.84. The molecule has 0 aliphatic carbocycles. The van der Waals surface area contributed by atoms with Crippen molar-refractivity contribution in [3.05, 3.63) is 89.1 Å². The number of nitrogens with zero attached hydrogens (tertiary/aromatic N) is 3. The number of nitrogens with one attached hydrogen (secondary N) is 2. The van der Waals surface area contributed by atoms with Gasteiger partial charge in [-0.25, -0.2) is 15.0 Å². The van der Waals surface area contributed by atoms with Crippen LogP contribution in [0.15, 0.2) is 71.5 Å². The smallest absolute Gasteiger partial charge is 0.449 e. The van der Waals surface area contributed by atoms with Gasteiger partial charge < -0.3 is 20.8 Å². The number of carbonyl (C=O) groups is 1. The topological polar surface area (TPSA) is 119 Å².